The van der Waals surface area contributed by atoms with Crippen molar-refractivity contribution in [3.8, 4) is 11.5 Å². The van der Waals surface area contributed by atoms with Gasteiger partial charge in [0.15, 0.2) is 6.10 Å². The molecule has 0 spiro atoms. The third-order valence-electron chi connectivity index (χ3n) is 3.98. The highest BCUT2D eigenvalue weighted by Gasteiger charge is 2.17. The molecule has 1 atom stereocenters. The van der Waals surface area contributed by atoms with E-state index in [1.807, 2.05) is 24.3 Å². The summed E-state index contributed by atoms with van der Waals surface area (Å²) in [6.07, 6.45) is -0.707. The number of amides is 2. The Morgan fingerprint density at radius 1 is 1.00 bits per heavy atom. The van der Waals surface area contributed by atoms with Crippen LogP contribution in [-0.4, -0.2) is 25.0 Å². The highest BCUT2D eigenvalue weighted by molar-refractivity contribution is 5.97. The first-order chi connectivity index (χ1) is 12.8. The maximum Gasteiger partial charge on any atom is 0.265 e. The summed E-state index contributed by atoms with van der Waals surface area (Å²) in [6.45, 7) is 7.30. The highest BCUT2D eigenvalue weighted by Crippen LogP contribution is 2.28. The smallest absolute Gasteiger partial charge is 0.265 e. The van der Waals surface area contributed by atoms with E-state index in [1.54, 1.807) is 25.1 Å². The number of ether oxygens (including phenoxy) is 2. The lowest BCUT2D eigenvalue weighted by Gasteiger charge is -2.17. The van der Waals surface area contributed by atoms with E-state index < -0.39 is 6.10 Å². The fourth-order valence-electron chi connectivity index (χ4n) is 2.53. The molecule has 144 valence electrons. The summed E-state index contributed by atoms with van der Waals surface area (Å²) in [4.78, 5) is 23.8. The summed E-state index contributed by atoms with van der Waals surface area (Å²) in [5.41, 5.74) is 2.17. The van der Waals surface area contributed by atoms with E-state index in [1.165, 1.54) is 14.0 Å². The summed E-state index contributed by atoms with van der Waals surface area (Å²) in [5, 5.41) is 5.47. The molecule has 0 aliphatic rings. The number of anilines is 2. The monoisotopic (exact) mass is 370 g/mol. The van der Waals surface area contributed by atoms with E-state index in [0.29, 0.717) is 28.8 Å². The zero-order chi connectivity index (χ0) is 20.0. The van der Waals surface area contributed by atoms with E-state index in [-0.39, 0.29) is 11.8 Å². The lowest BCUT2D eigenvalue weighted by atomic mass is 10.0. The van der Waals surface area contributed by atoms with Crippen LogP contribution < -0.4 is 20.1 Å². The van der Waals surface area contributed by atoms with Crippen molar-refractivity contribution in [1.29, 1.82) is 0 Å². The van der Waals surface area contributed by atoms with Gasteiger partial charge in [0.2, 0.25) is 5.91 Å². The molecule has 0 radical (unpaired) electrons. The summed E-state index contributed by atoms with van der Waals surface area (Å²) in [6, 6.07) is 12.7. The molecule has 0 saturated heterocycles. The first kappa shape index (κ1) is 20.3. The van der Waals surface area contributed by atoms with E-state index in [4.69, 9.17) is 9.47 Å². The number of benzene rings is 2. The normalized spacial score (nSPS) is 11.6. The summed E-state index contributed by atoms with van der Waals surface area (Å²) >= 11 is 0. The van der Waals surface area contributed by atoms with Gasteiger partial charge >= 0.3 is 0 Å². The molecule has 6 nitrogen and oxygen atoms in total. The predicted molar refractivity (Wildman–Crippen MR) is 107 cm³/mol. The second-order valence-electron chi connectivity index (χ2n) is 6.57. The quantitative estimate of drug-likeness (QED) is 0.766. The predicted octanol–water partition coefficient (Wildman–Crippen LogP) is 4.18. The Labute approximate surface area is 159 Å². The fraction of sp³-hybridized carbons (Fsp3) is 0.333. The molecule has 0 saturated carbocycles. The molecular weight excluding hydrogens is 344 g/mol. The number of hydrogen-bond acceptors (Lipinski definition) is 4. The number of carbonyl (C=O) groups excluding carboxylic acids is 2. The molecule has 1 unspecified atom stereocenters. The molecule has 2 rings (SSSR count). The molecule has 0 aromatic heterocycles. The Hall–Kier alpha value is -3.02. The third kappa shape index (κ3) is 5.74. The number of rotatable bonds is 7. The Balaban J connectivity index is 2.11. The average molecular weight is 370 g/mol. The van der Waals surface area contributed by atoms with Crippen LogP contribution in [-0.2, 0) is 9.59 Å². The van der Waals surface area contributed by atoms with Gasteiger partial charge in [-0.2, -0.15) is 0 Å². The van der Waals surface area contributed by atoms with Crippen molar-refractivity contribution in [2.75, 3.05) is 17.7 Å². The van der Waals surface area contributed by atoms with Crippen molar-refractivity contribution in [1.82, 2.24) is 0 Å². The van der Waals surface area contributed by atoms with E-state index in [0.717, 1.165) is 5.56 Å². The van der Waals surface area contributed by atoms with Crippen LogP contribution in [0.4, 0.5) is 11.4 Å². The van der Waals surface area contributed by atoms with Gasteiger partial charge in [0.25, 0.3) is 5.91 Å². The van der Waals surface area contributed by atoms with Gasteiger partial charge in [0.05, 0.1) is 12.8 Å². The summed E-state index contributed by atoms with van der Waals surface area (Å²) in [5.74, 6) is 0.995. The van der Waals surface area contributed by atoms with Crippen molar-refractivity contribution in [3.63, 3.8) is 0 Å². The number of methoxy groups -OCH3 is 1. The van der Waals surface area contributed by atoms with Gasteiger partial charge in [-0.3, -0.25) is 9.59 Å². The van der Waals surface area contributed by atoms with Crippen LogP contribution in [0.1, 0.15) is 39.2 Å². The molecule has 2 aromatic rings. The summed E-state index contributed by atoms with van der Waals surface area (Å²) < 4.78 is 11.1. The molecule has 0 aliphatic heterocycles. The van der Waals surface area contributed by atoms with E-state index in [2.05, 4.69) is 24.5 Å². The minimum Gasteiger partial charge on any atom is -0.495 e. The number of nitrogens with one attached hydrogen (secondary N) is 2. The summed E-state index contributed by atoms with van der Waals surface area (Å²) in [7, 11) is 1.51. The van der Waals surface area contributed by atoms with Gasteiger partial charge in [-0.05, 0) is 48.7 Å². The Bertz CT molecular complexity index is 818. The number of hydrogen-bond donors (Lipinski definition) is 2. The SMILES string of the molecule is COc1ccc(NC(C)=O)cc1NC(=O)C(C)Oc1cccc(C(C)C)c1. The Morgan fingerprint density at radius 3 is 2.37 bits per heavy atom. The van der Waals surface area contributed by atoms with Crippen LogP contribution in [0.15, 0.2) is 42.5 Å². The lowest BCUT2D eigenvalue weighted by molar-refractivity contribution is -0.122. The highest BCUT2D eigenvalue weighted by atomic mass is 16.5. The minimum atomic E-state index is -0.707. The van der Waals surface area contributed by atoms with Crippen molar-refractivity contribution < 1.29 is 19.1 Å². The van der Waals surface area contributed by atoms with Crippen LogP contribution in [0.3, 0.4) is 0 Å². The third-order valence-corrected chi connectivity index (χ3v) is 3.98. The molecule has 2 N–H and O–H groups in total. The van der Waals surface area contributed by atoms with Gasteiger partial charge < -0.3 is 20.1 Å². The first-order valence-electron chi connectivity index (χ1n) is 8.83. The molecule has 0 aliphatic carbocycles. The maximum atomic E-state index is 12.6. The Morgan fingerprint density at radius 2 is 1.74 bits per heavy atom. The van der Waals surface area contributed by atoms with Crippen molar-refractivity contribution in [2.45, 2.75) is 39.7 Å². The first-order valence-corrected chi connectivity index (χ1v) is 8.83. The average Bonchev–Trinajstić information content (AvgIpc) is 2.61. The lowest BCUT2D eigenvalue weighted by Crippen LogP contribution is -2.30. The zero-order valence-electron chi connectivity index (χ0n) is 16.3. The molecule has 27 heavy (non-hydrogen) atoms. The van der Waals surface area contributed by atoms with Crippen molar-refractivity contribution in [3.05, 3.63) is 48.0 Å². The number of carbonyl (C=O) groups is 2. The topological polar surface area (TPSA) is 76.7 Å². The van der Waals surface area contributed by atoms with Crippen LogP contribution in [0.5, 0.6) is 11.5 Å². The van der Waals surface area contributed by atoms with Crippen molar-refractivity contribution >= 4 is 23.2 Å². The van der Waals surface area contributed by atoms with E-state index >= 15 is 0 Å². The Kier molecular flexibility index (Phi) is 6.82. The van der Waals surface area contributed by atoms with Gasteiger partial charge in [0, 0.05) is 12.6 Å². The van der Waals surface area contributed by atoms with E-state index in [9.17, 15) is 9.59 Å². The van der Waals surface area contributed by atoms with Gasteiger partial charge in [0.1, 0.15) is 11.5 Å². The van der Waals surface area contributed by atoms with Gasteiger partial charge in [-0.1, -0.05) is 26.0 Å². The van der Waals surface area contributed by atoms with Crippen LogP contribution >= 0.6 is 0 Å². The van der Waals surface area contributed by atoms with Crippen molar-refractivity contribution in [2.24, 2.45) is 0 Å². The van der Waals surface area contributed by atoms with Crippen LogP contribution in [0, 0.1) is 0 Å². The second kappa shape index (κ2) is 9.07. The second-order valence-corrected chi connectivity index (χ2v) is 6.57. The molecule has 0 fully saturated rings. The molecular formula is C21H26N2O4. The fourth-order valence-corrected chi connectivity index (χ4v) is 2.53. The maximum absolute atomic E-state index is 12.6. The minimum absolute atomic E-state index is 0.195. The van der Waals surface area contributed by atoms with Crippen LogP contribution in [0.2, 0.25) is 0 Å². The van der Waals surface area contributed by atoms with Gasteiger partial charge in [-0.25, -0.2) is 0 Å². The van der Waals surface area contributed by atoms with Crippen LogP contribution in [0.25, 0.3) is 0 Å². The molecule has 0 heterocycles. The molecule has 2 amide bonds. The zero-order valence-corrected chi connectivity index (χ0v) is 16.3. The largest absolute Gasteiger partial charge is 0.495 e. The molecule has 2 aromatic carbocycles. The molecule has 0 bridgehead atoms. The molecule has 6 heteroatoms. The standard InChI is InChI=1S/C21H26N2O4/c1-13(2)16-7-6-8-18(11-16)27-14(3)21(25)23-19-12-17(22-15(4)24)9-10-20(19)26-5/h6-14H,1-5H3,(H,22,24)(H,23,25). The van der Waals surface area contributed by atoms with Gasteiger partial charge in [-0.15, -0.1) is 0 Å².